The summed E-state index contributed by atoms with van der Waals surface area (Å²) in [5.41, 5.74) is 0. The topological polar surface area (TPSA) is 58.2 Å². The Bertz CT molecular complexity index is 161. The summed E-state index contributed by atoms with van der Waals surface area (Å²) in [4.78, 5) is 21.5. The normalized spacial score (nSPS) is 9.17. The Morgan fingerprint density at radius 2 is 1.83 bits per heavy atom. The highest BCUT2D eigenvalue weighted by Crippen LogP contribution is 1.97. The largest absolute Gasteiger partial charge is 0.358 e. The van der Waals surface area contributed by atoms with E-state index in [0.717, 1.165) is 0 Å². The van der Waals surface area contributed by atoms with E-state index in [2.05, 4.69) is 10.6 Å². The van der Waals surface area contributed by atoms with E-state index in [9.17, 15) is 9.59 Å². The van der Waals surface area contributed by atoms with Crippen LogP contribution in [0.3, 0.4) is 0 Å². The number of hydrogen-bond acceptors (Lipinski definition) is 3. The van der Waals surface area contributed by atoms with Crippen molar-refractivity contribution in [3.05, 3.63) is 0 Å². The molecule has 12 heavy (non-hydrogen) atoms. The Morgan fingerprint density at radius 1 is 1.25 bits per heavy atom. The summed E-state index contributed by atoms with van der Waals surface area (Å²) in [6.07, 6.45) is 0. The smallest absolute Gasteiger partial charge is 0.229 e. The standard InChI is InChI=1S/C7H14N2O2S/c1-3-9-7(11)5-12-4-6(10)8-2/h3-5H2,1-2H3,(H,8,10)(H,9,11). The first kappa shape index (κ1) is 11.3. The van der Waals surface area contributed by atoms with Gasteiger partial charge in [-0.05, 0) is 6.92 Å². The molecule has 0 unspecified atom stereocenters. The molecule has 2 amide bonds. The van der Waals surface area contributed by atoms with Crippen LogP contribution in [0, 0.1) is 0 Å². The van der Waals surface area contributed by atoms with Crippen LogP contribution in [-0.4, -0.2) is 36.9 Å². The zero-order valence-electron chi connectivity index (χ0n) is 7.35. The van der Waals surface area contributed by atoms with Gasteiger partial charge < -0.3 is 10.6 Å². The minimum absolute atomic E-state index is 0.0218. The lowest BCUT2D eigenvalue weighted by atomic mass is 10.6. The molecule has 0 heterocycles. The number of nitrogens with one attached hydrogen (secondary N) is 2. The lowest BCUT2D eigenvalue weighted by Crippen LogP contribution is -2.26. The molecule has 70 valence electrons. The van der Waals surface area contributed by atoms with Crippen molar-refractivity contribution in [3.63, 3.8) is 0 Å². The molecule has 0 saturated carbocycles. The number of rotatable bonds is 5. The van der Waals surface area contributed by atoms with Crippen LogP contribution in [0.15, 0.2) is 0 Å². The highest BCUT2D eigenvalue weighted by Gasteiger charge is 2.01. The van der Waals surface area contributed by atoms with E-state index in [4.69, 9.17) is 0 Å². The first-order valence-corrected chi connectivity index (χ1v) is 4.91. The summed E-state index contributed by atoms with van der Waals surface area (Å²) in [6.45, 7) is 2.50. The highest BCUT2D eigenvalue weighted by atomic mass is 32.2. The maximum atomic E-state index is 10.8. The van der Waals surface area contributed by atoms with Crippen molar-refractivity contribution in [2.45, 2.75) is 6.92 Å². The molecule has 0 aliphatic carbocycles. The van der Waals surface area contributed by atoms with E-state index in [1.54, 1.807) is 7.05 Å². The second-order valence-electron chi connectivity index (χ2n) is 2.12. The van der Waals surface area contributed by atoms with Crippen molar-refractivity contribution in [1.82, 2.24) is 10.6 Å². The summed E-state index contributed by atoms with van der Waals surface area (Å²) in [7, 11) is 1.58. The van der Waals surface area contributed by atoms with E-state index in [1.807, 2.05) is 6.92 Å². The fraction of sp³-hybridized carbons (Fsp3) is 0.714. The molecule has 0 spiro atoms. The summed E-state index contributed by atoms with van der Waals surface area (Å²) in [6, 6.07) is 0. The van der Waals surface area contributed by atoms with E-state index < -0.39 is 0 Å². The quantitative estimate of drug-likeness (QED) is 0.620. The van der Waals surface area contributed by atoms with Crippen LogP contribution in [0.25, 0.3) is 0 Å². The number of carbonyl (C=O) groups is 2. The molecular formula is C7H14N2O2S. The van der Waals surface area contributed by atoms with Crippen molar-refractivity contribution < 1.29 is 9.59 Å². The molecule has 0 aromatic heterocycles. The number of carbonyl (C=O) groups excluding carboxylic acids is 2. The zero-order chi connectivity index (χ0) is 9.40. The van der Waals surface area contributed by atoms with Gasteiger partial charge in [-0.25, -0.2) is 0 Å². The van der Waals surface area contributed by atoms with Crippen molar-refractivity contribution >= 4 is 23.6 Å². The molecule has 0 bridgehead atoms. The predicted molar refractivity (Wildman–Crippen MR) is 50.1 cm³/mol. The Morgan fingerprint density at radius 3 is 2.33 bits per heavy atom. The molecule has 2 N–H and O–H groups in total. The second-order valence-corrected chi connectivity index (χ2v) is 3.11. The van der Waals surface area contributed by atoms with E-state index in [1.165, 1.54) is 11.8 Å². The molecule has 0 atom stereocenters. The minimum atomic E-state index is -0.0516. The van der Waals surface area contributed by atoms with E-state index >= 15 is 0 Å². The van der Waals surface area contributed by atoms with Crippen LogP contribution < -0.4 is 10.6 Å². The second kappa shape index (κ2) is 6.97. The van der Waals surface area contributed by atoms with Crippen molar-refractivity contribution in [2.75, 3.05) is 25.1 Å². The van der Waals surface area contributed by atoms with Crippen LogP contribution in [0.4, 0.5) is 0 Å². The molecule has 0 aliphatic rings. The van der Waals surface area contributed by atoms with Crippen LogP contribution >= 0.6 is 11.8 Å². The van der Waals surface area contributed by atoms with Gasteiger partial charge in [0.1, 0.15) is 0 Å². The van der Waals surface area contributed by atoms with E-state index in [0.29, 0.717) is 18.1 Å². The first-order valence-electron chi connectivity index (χ1n) is 3.75. The van der Waals surface area contributed by atoms with Gasteiger partial charge in [-0.2, -0.15) is 0 Å². The van der Waals surface area contributed by atoms with Gasteiger partial charge in [0, 0.05) is 13.6 Å². The van der Waals surface area contributed by atoms with Crippen molar-refractivity contribution in [3.8, 4) is 0 Å². The Hall–Kier alpha value is -0.710. The summed E-state index contributed by atoms with van der Waals surface area (Å²) >= 11 is 1.31. The highest BCUT2D eigenvalue weighted by molar-refractivity contribution is 8.00. The summed E-state index contributed by atoms with van der Waals surface area (Å²) in [5, 5.41) is 5.13. The van der Waals surface area contributed by atoms with E-state index in [-0.39, 0.29) is 11.8 Å². The van der Waals surface area contributed by atoms with Crippen molar-refractivity contribution in [1.29, 1.82) is 0 Å². The van der Waals surface area contributed by atoms with Gasteiger partial charge >= 0.3 is 0 Å². The maximum Gasteiger partial charge on any atom is 0.229 e. The number of thioether (sulfide) groups is 1. The fourth-order valence-corrected chi connectivity index (χ4v) is 1.28. The molecule has 0 aromatic carbocycles. The maximum absolute atomic E-state index is 10.8. The first-order chi connectivity index (χ1) is 5.70. The third kappa shape index (κ3) is 6.03. The number of hydrogen-bond donors (Lipinski definition) is 2. The number of amides is 2. The zero-order valence-corrected chi connectivity index (χ0v) is 8.16. The Labute approximate surface area is 76.5 Å². The molecule has 0 aromatic rings. The van der Waals surface area contributed by atoms with Gasteiger partial charge in [0.05, 0.1) is 11.5 Å². The third-order valence-electron chi connectivity index (χ3n) is 1.12. The molecule has 0 aliphatic heterocycles. The molecule has 0 fully saturated rings. The molecular weight excluding hydrogens is 176 g/mol. The summed E-state index contributed by atoms with van der Waals surface area (Å²) < 4.78 is 0. The molecule has 0 radical (unpaired) electrons. The van der Waals surface area contributed by atoms with Crippen LogP contribution in [-0.2, 0) is 9.59 Å². The molecule has 0 rings (SSSR count). The molecule has 4 nitrogen and oxygen atoms in total. The lowest BCUT2D eigenvalue weighted by Gasteiger charge is -2.00. The average Bonchev–Trinajstić information content (AvgIpc) is 2.04. The van der Waals surface area contributed by atoms with Gasteiger partial charge in [-0.1, -0.05) is 0 Å². The minimum Gasteiger partial charge on any atom is -0.358 e. The van der Waals surface area contributed by atoms with Crippen LogP contribution in [0.1, 0.15) is 6.92 Å². The van der Waals surface area contributed by atoms with Crippen LogP contribution in [0.5, 0.6) is 0 Å². The van der Waals surface area contributed by atoms with Gasteiger partial charge in [-0.15, -0.1) is 11.8 Å². The van der Waals surface area contributed by atoms with Gasteiger partial charge in [0.15, 0.2) is 0 Å². The third-order valence-corrected chi connectivity index (χ3v) is 2.05. The SMILES string of the molecule is CCNC(=O)CSCC(=O)NC. The van der Waals surface area contributed by atoms with Crippen LogP contribution in [0.2, 0.25) is 0 Å². The lowest BCUT2D eigenvalue weighted by molar-refractivity contribution is -0.118. The molecule has 5 heteroatoms. The average molecular weight is 190 g/mol. The monoisotopic (exact) mass is 190 g/mol. The molecule has 0 saturated heterocycles. The van der Waals surface area contributed by atoms with Gasteiger partial charge in [0.25, 0.3) is 0 Å². The Balaban J connectivity index is 3.30. The van der Waals surface area contributed by atoms with Crippen molar-refractivity contribution in [2.24, 2.45) is 0 Å². The Kier molecular flexibility index (Phi) is 6.55. The van der Waals surface area contributed by atoms with Gasteiger partial charge in [-0.3, -0.25) is 9.59 Å². The van der Waals surface area contributed by atoms with Gasteiger partial charge in [0.2, 0.25) is 11.8 Å². The predicted octanol–water partition coefficient (Wildman–Crippen LogP) is -0.398. The summed E-state index contributed by atoms with van der Waals surface area (Å²) in [5.74, 6) is 0.616. The fourth-order valence-electron chi connectivity index (χ4n) is 0.557.